The molecule has 2 aromatic carbocycles. The molecule has 3 heteroatoms. The predicted molar refractivity (Wildman–Crippen MR) is 117 cm³/mol. The van der Waals surface area contributed by atoms with Crippen LogP contribution in [0, 0.1) is 27.7 Å². The Labute approximate surface area is 167 Å². The maximum atomic E-state index is 11.9. The molecule has 0 unspecified atom stereocenters. The van der Waals surface area contributed by atoms with Crippen molar-refractivity contribution in [1.82, 2.24) is 4.98 Å². The quantitative estimate of drug-likeness (QED) is 0.398. The molecule has 0 bridgehead atoms. The molecule has 1 aromatic heterocycles. The van der Waals surface area contributed by atoms with Gasteiger partial charge in [0, 0.05) is 11.1 Å². The van der Waals surface area contributed by atoms with Gasteiger partial charge in [-0.15, -0.1) is 0 Å². The number of carbonyl (C=O) groups excluding carboxylic acids is 1. The van der Waals surface area contributed by atoms with Crippen molar-refractivity contribution in [3.8, 4) is 11.3 Å². The number of aliphatic imine (C=N–C) groups is 1. The molecule has 0 spiro atoms. The summed E-state index contributed by atoms with van der Waals surface area (Å²) in [6.45, 7) is 11.7. The summed E-state index contributed by atoms with van der Waals surface area (Å²) in [5.74, 6) is 0.0577. The van der Waals surface area contributed by atoms with E-state index >= 15 is 0 Å². The minimum atomic E-state index is 0.0577. The Morgan fingerprint density at radius 2 is 1.61 bits per heavy atom. The first-order valence-corrected chi connectivity index (χ1v) is 9.49. The minimum Gasteiger partial charge on any atom is -0.294 e. The summed E-state index contributed by atoms with van der Waals surface area (Å²) in [6.07, 6.45) is 0. The second-order valence-electron chi connectivity index (χ2n) is 7.39. The van der Waals surface area contributed by atoms with E-state index < -0.39 is 0 Å². The lowest BCUT2D eigenvalue weighted by Crippen LogP contribution is -2.04. The van der Waals surface area contributed by atoms with Gasteiger partial charge in [-0.1, -0.05) is 42.0 Å². The first kappa shape index (κ1) is 19.7. The van der Waals surface area contributed by atoms with E-state index in [-0.39, 0.29) is 5.78 Å². The van der Waals surface area contributed by atoms with Gasteiger partial charge in [0.2, 0.25) is 0 Å². The lowest BCUT2D eigenvalue weighted by atomic mass is 10.00. The zero-order valence-electron chi connectivity index (χ0n) is 17.4. The van der Waals surface area contributed by atoms with Crippen molar-refractivity contribution in [2.45, 2.75) is 41.5 Å². The molecule has 142 valence electrons. The number of carbonyl (C=O) groups is 1. The predicted octanol–water partition coefficient (Wildman–Crippen LogP) is 6.33. The van der Waals surface area contributed by atoms with Crippen molar-refractivity contribution in [3.63, 3.8) is 0 Å². The Morgan fingerprint density at radius 1 is 0.893 bits per heavy atom. The topological polar surface area (TPSA) is 42.3 Å². The number of aryl methyl sites for hydroxylation is 3. The highest BCUT2D eigenvalue weighted by Crippen LogP contribution is 2.28. The number of hydrogen-bond donors (Lipinski definition) is 0. The Balaban J connectivity index is 2.11. The third-order valence-electron chi connectivity index (χ3n) is 5.05. The summed E-state index contributed by atoms with van der Waals surface area (Å²) >= 11 is 0. The molecule has 0 aliphatic rings. The summed E-state index contributed by atoms with van der Waals surface area (Å²) < 4.78 is 0. The molecule has 0 atom stereocenters. The largest absolute Gasteiger partial charge is 0.294 e. The molecule has 0 saturated heterocycles. The summed E-state index contributed by atoms with van der Waals surface area (Å²) in [7, 11) is 0. The molecule has 0 N–H and O–H groups in total. The van der Waals surface area contributed by atoms with Crippen LogP contribution in [0.3, 0.4) is 0 Å². The van der Waals surface area contributed by atoms with E-state index in [2.05, 4.69) is 31.2 Å². The second kappa shape index (κ2) is 7.89. The molecular formula is C25H26N2O. The van der Waals surface area contributed by atoms with Gasteiger partial charge in [0.1, 0.15) is 0 Å². The minimum absolute atomic E-state index is 0.0577. The Hall–Kier alpha value is -3.07. The molecule has 0 fully saturated rings. The van der Waals surface area contributed by atoms with Crippen LogP contribution in [-0.4, -0.2) is 16.5 Å². The molecule has 0 radical (unpaired) electrons. The molecule has 0 saturated carbocycles. The van der Waals surface area contributed by atoms with Crippen LogP contribution >= 0.6 is 0 Å². The van der Waals surface area contributed by atoms with Gasteiger partial charge in [-0.2, -0.15) is 0 Å². The van der Waals surface area contributed by atoms with Crippen molar-refractivity contribution in [1.29, 1.82) is 0 Å². The molecule has 0 amide bonds. The van der Waals surface area contributed by atoms with Crippen molar-refractivity contribution < 1.29 is 4.79 Å². The van der Waals surface area contributed by atoms with Gasteiger partial charge in [-0.05, 0) is 70.4 Å². The molecule has 3 aromatic rings. The number of Topliss-reactive ketones (excluding diaryl/α,β-unsaturated/α-hetero) is 1. The molecule has 3 rings (SSSR count). The molecule has 0 aliphatic heterocycles. The van der Waals surface area contributed by atoms with E-state index in [0.717, 1.165) is 50.6 Å². The lowest BCUT2D eigenvalue weighted by Gasteiger charge is -2.12. The van der Waals surface area contributed by atoms with Gasteiger partial charge in [0.15, 0.2) is 5.78 Å². The number of aromatic nitrogens is 1. The number of ketones is 1. The fourth-order valence-electron chi connectivity index (χ4n) is 3.47. The van der Waals surface area contributed by atoms with Crippen molar-refractivity contribution in [2.75, 3.05) is 0 Å². The zero-order valence-corrected chi connectivity index (χ0v) is 17.4. The lowest BCUT2D eigenvalue weighted by molar-refractivity contribution is 0.101. The van der Waals surface area contributed by atoms with Gasteiger partial charge in [-0.3, -0.25) is 9.79 Å². The van der Waals surface area contributed by atoms with E-state index in [1.807, 2.05) is 52.0 Å². The standard InChI is InChI=1S/C25H26N2O/c1-15-8-7-9-21(14-15)23-13-11-17(3)25(27-23)19(5)26-24-16(2)10-12-22(18(24)4)20(6)28/h7-14H,1-6H3. The Bertz CT molecular complexity index is 1090. The SMILES string of the molecule is CC(=O)c1ccc(C)c(N=C(C)c2nc(-c3cccc(C)c3)ccc2C)c1C. The van der Waals surface area contributed by atoms with Gasteiger partial charge < -0.3 is 0 Å². The Kier molecular flexibility index (Phi) is 5.55. The second-order valence-corrected chi connectivity index (χ2v) is 7.39. The molecular weight excluding hydrogens is 344 g/mol. The highest BCUT2D eigenvalue weighted by atomic mass is 16.1. The van der Waals surface area contributed by atoms with Crippen LogP contribution in [0.5, 0.6) is 0 Å². The first-order chi connectivity index (χ1) is 13.3. The first-order valence-electron chi connectivity index (χ1n) is 9.49. The van der Waals surface area contributed by atoms with E-state index in [1.54, 1.807) is 6.92 Å². The average molecular weight is 370 g/mol. The summed E-state index contributed by atoms with van der Waals surface area (Å²) in [6, 6.07) is 16.3. The van der Waals surface area contributed by atoms with Gasteiger partial charge in [0.25, 0.3) is 0 Å². The monoisotopic (exact) mass is 370 g/mol. The van der Waals surface area contributed by atoms with Crippen LogP contribution < -0.4 is 0 Å². The van der Waals surface area contributed by atoms with Crippen LogP contribution in [0.2, 0.25) is 0 Å². The van der Waals surface area contributed by atoms with Gasteiger partial charge >= 0.3 is 0 Å². The van der Waals surface area contributed by atoms with E-state index in [9.17, 15) is 4.79 Å². The van der Waals surface area contributed by atoms with Crippen LogP contribution in [0.1, 0.15) is 52.2 Å². The smallest absolute Gasteiger partial charge is 0.160 e. The highest BCUT2D eigenvalue weighted by molar-refractivity contribution is 6.02. The zero-order chi connectivity index (χ0) is 20.4. The third kappa shape index (κ3) is 3.94. The Morgan fingerprint density at radius 3 is 2.29 bits per heavy atom. The average Bonchev–Trinajstić information content (AvgIpc) is 2.65. The van der Waals surface area contributed by atoms with Gasteiger partial charge in [-0.25, -0.2) is 4.98 Å². The maximum Gasteiger partial charge on any atom is 0.160 e. The van der Waals surface area contributed by atoms with Crippen LogP contribution in [0.25, 0.3) is 11.3 Å². The fourth-order valence-corrected chi connectivity index (χ4v) is 3.47. The van der Waals surface area contributed by atoms with Gasteiger partial charge in [0.05, 0.1) is 22.8 Å². The highest BCUT2D eigenvalue weighted by Gasteiger charge is 2.13. The number of rotatable bonds is 4. The van der Waals surface area contributed by atoms with Crippen molar-refractivity contribution in [2.24, 2.45) is 4.99 Å². The van der Waals surface area contributed by atoms with Crippen LogP contribution in [0.4, 0.5) is 5.69 Å². The molecule has 28 heavy (non-hydrogen) atoms. The van der Waals surface area contributed by atoms with Crippen molar-refractivity contribution >= 4 is 17.2 Å². The number of nitrogens with zero attached hydrogens (tertiary/aromatic N) is 2. The number of pyridine rings is 1. The van der Waals surface area contributed by atoms with E-state index in [1.165, 1.54) is 5.56 Å². The summed E-state index contributed by atoms with van der Waals surface area (Å²) in [5, 5.41) is 0. The van der Waals surface area contributed by atoms with E-state index in [0.29, 0.717) is 0 Å². The maximum absolute atomic E-state index is 11.9. The van der Waals surface area contributed by atoms with Crippen molar-refractivity contribution in [3.05, 3.63) is 82.0 Å². The van der Waals surface area contributed by atoms with E-state index in [4.69, 9.17) is 9.98 Å². The van der Waals surface area contributed by atoms with Crippen LogP contribution in [-0.2, 0) is 0 Å². The number of benzene rings is 2. The fraction of sp³-hybridized carbons (Fsp3) is 0.240. The third-order valence-corrected chi connectivity index (χ3v) is 5.05. The summed E-state index contributed by atoms with van der Waals surface area (Å²) in [4.78, 5) is 21.7. The molecule has 1 heterocycles. The van der Waals surface area contributed by atoms with Crippen LogP contribution in [0.15, 0.2) is 53.5 Å². The summed E-state index contributed by atoms with van der Waals surface area (Å²) in [5.41, 5.74) is 9.58. The normalized spacial score (nSPS) is 11.6. The number of hydrogen-bond acceptors (Lipinski definition) is 3. The molecule has 0 aliphatic carbocycles. The molecule has 3 nitrogen and oxygen atoms in total.